The molecule has 0 bridgehead atoms. The van der Waals surface area contributed by atoms with Crippen LogP contribution >= 0.6 is 0 Å². The first-order valence-corrected chi connectivity index (χ1v) is 9.29. The van der Waals surface area contributed by atoms with Crippen LogP contribution in [0, 0.1) is 0 Å². The second kappa shape index (κ2) is 5.49. The Morgan fingerprint density at radius 1 is 1.39 bits per heavy atom. The summed E-state index contributed by atoms with van der Waals surface area (Å²) in [5, 5.41) is -0.550. The highest BCUT2D eigenvalue weighted by Gasteiger charge is 2.38. The van der Waals surface area contributed by atoms with Crippen LogP contribution in [0.1, 0.15) is 36.2 Å². The number of amides is 1. The summed E-state index contributed by atoms with van der Waals surface area (Å²) < 4.78 is 31.9. The molecule has 1 saturated heterocycles. The Balaban J connectivity index is 1.85. The maximum atomic E-state index is 12.8. The summed E-state index contributed by atoms with van der Waals surface area (Å²) in [5.41, 5.74) is 1.44. The van der Waals surface area contributed by atoms with Crippen LogP contribution in [-0.2, 0) is 15.4 Å². The van der Waals surface area contributed by atoms with Gasteiger partial charge in [-0.3, -0.25) is 4.79 Å². The van der Waals surface area contributed by atoms with Gasteiger partial charge in [0.1, 0.15) is 5.75 Å². The minimum atomic E-state index is -3.35. The van der Waals surface area contributed by atoms with Crippen molar-refractivity contribution in [2.24, 2.45) is 0 Å². The quantitative estimate of drug-likeness (QED) is 0.896. The van der Waals surface area contributed by atoms with E-state index in [0.29, 0.717) is 30.9 Å². The van der Waals surface area contributed by atoms with Gasteiger partial charge >= 0.3 is 0 Å². The monoisotopic (exact) mass is 338 g/mol. The number of likely N-dealkylation sites (tertiary alicyclic amines) is 1. The summed E-state index contributed by atoms with van der Waals surface area (Å²) in [4.78, 5) is 14.4. The molecule has 0 aromatic heterocycles. The molecule has 1 amide bonds. The lowest BCUT2D eigenvalue weighted by atomic mass is 9.86. The van der Waals surface area contributed by atoms with Crippen molar-refractivity contribution in [3.8, 4) is 5.75 Å². The van der Waals surface area contributed by atoms with E-state index in [1.54, 1.807) is 11.0 Å². The molecule has 126 valence electrons. The molecule has 6 nitrogen and oxygen atoms in total. The van der Waals surface area contributed by atoms with Gasteiger partial charge in [-0.2, -0.15) is 0 Å². The van der Waals surface area contributed by atoms with Gasteiger partial charge in [0.15, 0.2) is 0 Å². The van der Waals surface area contributed by atoms with E-state index < -0.39 is 15.3 Å². The van der Waals surface area contributed by atoms with Crippen LogP contribution < -0.4 is 9.46 Å². The molecule has 1 N–H and O–H groups in total. The Kier molecular flexibility index (Phi) is 3.88. The summed E-state index contributed by atoms with van der Waals surface area (Å²) in [6.45, 7) is 5.37. The molecule has 2 aliphatic rings. The Morgan fingerprint density at radius 2 is 2.13 bits per heavy atom. The maximum absolute atomic E-state index is 12.8. The lowest BCUT2D eigenvalue weighted by molar-refractivity contribution is 0.0789. The fourth-order valence-electron chi connectivity index (χ4n) is 3.23. The molecule has 1 aromatic carbocycles. The zero-order valence-electron chi connectivity index (χ0n) is 13.6. The van der Waals surface area contributed by atoms with Crippen molar-refractivity contribution in [2.45, 2.75) is 30.9 Å². The number of fused-ring (bicyclic) bond motifs is 1. The minimum Gasteiger partial charge on any atom is -0.492 e. The number of carbonyl (C=O) groups is 1. The third-order valence-corrected chi connectivity index (χ3v) is 6.54. The number of para-hydroxylation sites is 1. The number of rotatable bonds is 3. The fraction of sp³-hybridized carbons (Fsp3) is 0.562. The van der Waals surface area contributed by atoms with Crippen molar-refractivity contribution in [2.75, 3.05) is 26.7 Å². The first kappa shape index (κ1) is 16.3. The predicted octanol–water partition coefficient (Wildman–Crippen LogP) is 1.12. The van der Waals surface area contributed by atoms with E-state index in [0.717, 1.165) is 5.56 Å². The van der Waals surface area contributed by atoms with Gasteiger partial charge < -0.3 is 9.64 Å². The van der Waals surface area contributed by atoms with Crippen LogP contribution in [0.3, 0.4) is 0 Å². The molecule has 23 heavy (non-hydrogen) atoms. The van der Waals surface area contributed by atoms with Crippen LogP contribution in [-0.4, -0.2) is 51.2 Å². The third kappa shape index (κ3) is 2.72. The summed E-state index contributed by atoms with van der Waals surface area (Å²) in [5.74, 6) is 0.482. The number of nitrogens with zero attached hydrogens (tertiary/aromatic N) is 1. The first-order valence-electron chi connectivity index (χ1n) is 7.74. The molecule has 0 aliphatic carbocycles. The molecule has 0 saturated carbocycles. The summed E-state index contributed by atoms with van der Waals surface area (Å²) in [6, 6.07) is 5.60. The van der Waals surface area contributed by atoms with Crippen LogP contribution in [0.25, 0.3) is 0 Å². The molecule has 2 aliphatic heterocycles. The van der Waals surface area contributed by atoms with Crippen molar-refractivity contribution in [1.29, 1.82) is 0 Å². The van der Waals surface area contributed by atoms with Gasteiger partial charge in [0.25, 0.3) is 5.91 Å². The Hall–Kier alpha value is -1.60. The first-order chi connectivity index (χ1) is 10.8. The van der Waals surface area contributed by atoms with Crippen LogP contribution in [0.5, 0.6) is 5.75 Å². The smallest absolute Gasteiger partial charge is 0.257 e. The van der Waals surface area contributed by atoms with E-state index >= 15 is 0 Å². The standard InChI is InChI=1S/C16H22N2O4S/c1-16(2)10-22-14-12(5-4-6-13(14)16)15(19)18-8-7-11(9-18)23(20,21)17-3/h4-6,11,17H,7-10H2,1-3H3. The molecule has 0 radical (unpaired) electrons. The fourth-order valence-corrected chi connectivity index (χ4v) is 4.35. The van der Waals surface area contributed by atoms with E-state index in [9.17, 15) is 13.2 Å². The summed E-state index contributed by atoms with van der Waals surface area (Å²) >= 11 is 0. The second-order valence-electron chi connectivity index (χ2n) is 6.77. The van der Waals surface area contributed by atoms with Crippen molar-refractivity contribution in [3.05, 3.63) is 29.3 Å². The van der Waals surface area contributed by atoms with Gasteiger partial charge in [0.2, 0.25) is 10.0 Å². The summed E-state index contributed by atoms with van der Waals surface area (Å²) in [7, 11) is -1.95. The largest absolute Gasteiger partial charge is 0.492 e. The highest BCUT2D eigenvalue weighted by molar-refractivity contribution is 7.90. The molecule has 1 atom stereocenters. The number of benzene rings is 1. The number of hydrogen-bond donors (Lipinski definition) is 1. The Morgan fingerprint density at radius 3 is 2.83 bits per heavy atom. The number of hydrogen-bond acceptors (Lipinski definition) is 4. The Bertz CT molecular complexity index is 742. The summed E-state index contributed by atoms with van der Waals surface area (Å²) in [6.07, 6.45) is 0.455. The van der Waals surface area contributed by atoms with Crippen LogP contribution in [0.15, 0.2) is 18.2 Å². The topological polar surface area (TPSA) is 75.7 Å². The number of ether oxygens (including phenoxy) is 1. The third-order valence-electron chi connectivity index (χ3n) is 4.71. The van der Waals surface area contributed by atoms with Gasteiger partial charge in [0, 0.05) is 24.1 Å². The number of sulfonamides is 1. The van der Waals surface area contributed by atoms with Crippen molar-refractivity contribution in [1.82, 2.24) is 9.62 Å². The molecular weight excluding hydrogens is 316 g/mol. The molecule has 2 heterocycles. The van der Waals surface area contributed by atoms with E-state index in [4.69, 9.17) is 4.74 Å². The van der Waals surface area contributed by atoms with Crippen molar-refractivity contribution >= 4 is 15.9 Å². The van der Waals surface area contributed by atoms with Crippen LogP contribution in [0.4, 0.5) is 0 Å². The average Bonchev–Trinajstić information content (AvgIpc) is 3.12. The number of nitrogens with one attached hydrogen (secondary N) is 1. The molecule has 1 aromatic rings. The zero-order valence-corrected chi connectivity index (χ0v) is 14.4. The molecule has 1 unspecified atom stereocenters. The van der Waals surface area contributed by atoms with Gasteiger partial charge in [0.05, 0.1) is 17.4 Å². The van der Waals surface area contributed by atoms with Gasteiger partial charge in [-0.05, 0) is 19.5 Å². The Labute approximate surface area is 136 Å². The van der Waals surface area contributed by atoms with Crippen molar-refractivity contribution in [3.63, 3.8) is 0 Å². The van der Waals surface area contributed by atoms with E-state index in [2.05, 4.69) is 18.6 Å². The normalized spacial score (nSPS) is 22.7. The molecule has 0 spiro atoms. The minimum absolute atomic E-state index is 0.116. The van der Waals surface area contributed by atoms with E-state index in [1.165, 1.54) is 7.05 Å². The lowest BCUT2D eigenvalue weighted by Gasteiger charge is -2.19. The van der Waals surface area contributed by atoms with Gasteiger partial charge in [-0.1, -0.05) is 26.0 Å². The molecule has 7 heteroatoms. The second-order valence-corrected chi connectivity index (χ2v) is 8.93. The zero-order chi connectivity index (χ0) is 16.8. The molecular formula is C16H22N2O4S. The average molecular weight is 338 g/mol. The maximum Gasteiger partial charge on any atom is 0.257 e. The van der Waals surface area contributed by atoms with Gasteiger partial charge in [-0.25, -0.2) is 13.1 Å². The van der Waals surface area contributed by atoms with Gasteiger partial charge in [-0.15, -0.1) is 0 Å². The molecule has 1 fully saturated rings. The molecule has 3 rings (SSSR count). The predicted molar refractivity (Wildman–Crippen MR) is 87.3 cm³/mol. The van der Waals surface area contributed by atoms with E-state index in [-0.39, 0.29) is 17.9 Å². The number of carbonyl (C=O) groups excluding carboxylic acids is 1. The van der Waals surface area contributed by atoms with Crippen LogP contribution in [0.2, 0.25) is 0 Å². The van der Waals surface area contributed by atoms with E-state index in [1.807, 2.05) is 12.1 Å². The SMILES string of the molecule is CNS(=O)(=O)C1CCN(C(=O)c2cccc3c2OCC3(C)C)C1. The van der Waals surface area contributed by atoms with Crippen molar-refractivity contribution < 1.29 is 17.9 Å². The highest BCUT2D eigenvalue weighted by Crippen LogP contribution is 2.41. The lowest BCUT2D eigenvalue weighted by Crippen LogP contribution is -2.36. The highest BCUT2D eigenvalue weighted by atomic mass is 32.2.